The molecule has 1 fully saturated rings. The second-order valence-electron chi connectivity index (χ2n) is 9.27. The summed E-state index contributed by atoms with van der Waals surface area (Å²) in [6, 6.07) is 1.31. The molecule has 2 aliphatic heterocycles. The number of amides is 3. The monoisotopic (exact) mass is 531 g/mol. The second kappa shape index (κ2) is 9.19. The predicted octanol–water partition coefficient (Wildman–Crippen LogP) is 3.06. The van der Waals surface area contributed by atoms with E-state index in [1.165, 1.54) is 34.8 Å². The molecule has 1 saturated heterocycles. The fourth-order valence-electron chi connectivity index (χ4n) is 4.56. The van der Waals surface area contributed by atoms with Crippen molar-refractivity contribution in [2.24, 2.45) is 7.05 Å². The fourth-order valence-corrected chi connectivity index (χ4v) is 4.56. The molecule has 0 radical (unpaired) electrons. The molecular formula is C24H24F3N7O4. The number of aromatic nitrogens is 3. The molecule has 3 aromatic rings. The number of hydrogen-bond donors (Lipinski definition) is 2. The van der Waals surface area contributed by atoms with Crippen molar-refractivity contribution < 1.29 is 27.2 Å². The van der Waals surface area contributed by atoms with Gasteiger partial charge in [0.25, 0.3) is 11.5 Å². The van der Waals surface area contributed by atoms with Crippen molar-refractivity contribution in [2.45, 2.75) is 38.5 Å². The molecule has 5 rings (SSSR count). The molecule has 2 atom stereocenters. The van der Waals surface area contributed by atoms with Gasteiger partial charge in [0, 0.05) is 38.8 Å². The van der Waals surface area contributed by atoms with E-state index in [0.717, 1.165) is 6.92 Å². The van der Waals surface area contributed by atoms with Crippen molar-refractivity contribution in [2.75, 3.05) is 28.2 Å². The van der Waals surface area contributed by atoms with Gasteiger partial charge in [-0.15, -0.1) is 0 Å². The van der Waals surface area contributed by atoms with Gasteiger partial charge in [0.1, 0.15) is 17.4 Å². The molecule has 11 nitrogen and oxygen atoms in total. The second-order valence-corrected chi connectivity index (χ2v) is 9.27. The Labute approximate surface area is 214 Å². The first-order chi connectivity index (χ1) is 17.9. The Bertz CT molecular complexity index is 1480. The Morgan fingerprint density at radius 2 is 2.03 bits per heavy atom. The normalized spacial score (nSPS) is 17.3. The first kappa shape index (κ1) is 25.3. The van der Waals surface area contributed by atoms with Crippen LogP contribution in [0.4, 0.5) is 35.2 Å². The van der Waals surface area contributed by atoms with E-state index in [1.54, 1.807) is 19.2 Å². The van der Waals surface area contributed by atoms with Crippen LogP contribution in [0.1, 0.15) is 29.7 Å². The number of carbonyl (C=O) groups excluding carboxylic acids is 2. The fraction of sp³-hybridized carbons (Fsp3) is 0.375. The molecule has 38 heavy (non-hydrogen) atoms. The quantitative estimate of drug-likeness (QED) is 0.530. The molecule has 200 valence electrons. The molecule has 2 aliphatic rings. The van der Waals surface area contributed by atoms with Gasteiger partial charge in [0.2, 0.25) is 0 Å². The van der Waals surface area contributed by atoms with Crippen LogP contribution in [0.3, 0.4) is 0 Å². The van der Waals surface area contributed by atoms with E-state index < -0.39 is 29.7 Å². The summed E-state index contributed by atoms with van der Waals surface area (Å²) in [6.45, 7) is 3.64. The number of carbonyl (C=O) groups is 2. The zero-order valence-electron chi connectivity index (χ0n) is 20.7. The van der Waals surface area contributed by atoms with Crippen LogP contribution >= 0.6 is 0 Å². The standard InChI is InChI=1S/C24H24F3N7O4/c1-12(24(25,26)27)29-21(35)16-4-5-18-20(30-16)34(15-6-7-33(18)11-15)23(37)31-17-8-14(10-32(3)22(17)36)19-9-28-13(2)38-19/h4-5,8-10,12,15H,6-7,11H2,1-3H3,(H,29,35)(H,31,37)/t12-,15+/m1/s1. The largest absolute Gasteiger partial charge is 0.441 e. The minimum atomic E-state index is -4.62. The number of hydrogen-bond acceptors (Lipinski definition) is 7. The number of urea groups is 1. The van der Waals surface area contributed by atoms with Crippen molar-refractivity contribution in [1.29, 1.82) is 0 Å². The smallest absolute Gasteiger partial charge is 0.408 e. The zero-order chi connectivity index (χ0) is 27.4. The Balaban J connectivity index is 1.47. The van der Waals surface area contributed by atoms with E-state index in [4.69, 9.17) is 4.42 Å². The Kier molecular flexibility index (Phi) is 6.12. The van der Waals surface area contributed by atoms with Gasteiger partial charge in [0.15, 0.2) is 17.5 Å². The molecule has 14 heteroatoms. The Morgan fingerprint density at radius 1 is 1.26 bits per heavy atom. The third-order valence-corrected chi connectivity index (χ3v) is 6.57. The van der Waals surface area contributed by atoms with E-state index in [-0.39, 0.29) is 23.2 Å². The van der Waals surface area contributed by atoms with Gasteiger partial charge >= 0.3 is 12.2 Å². The van der Waals surface area contributed by atoms with Crippen LogP contribution in [-0.4, -0.2) is 57.8 Å². The van der Waals surface area contributed by atoms with Crippen molar-refractivity contribution in [3.8, 4) is 11.3 Å². The van der Waals surface area contributed by atoms with Crippen LogP contribution in [-0.2, 0) is 7.05 Å². The highest BCUT2D eigenvalue weighted by atomic mass is 19.4. The zero-order valence-corrected chi connectivity index (χ0v) is 20.7. The molecule has 0 saturated carbocycles. The van der Waals surface area contributed by atoms with Crippen LogP contribution in [0, 0.1) is 6.92 Å². The lowest BCUT2D eigenvalue weighted by Crippen LogP contribution is -2.49. The molecule has 3 amide bonds. The minimum Gasteiger partial charge on any atom is -0.441 e. The molecule has 0 spiro atoms. The van der Waals surface area contributed by atoms with Crippen LogP contribution < -0.4 is 26.0 Å². The maximum Gasteiger partial charge on any atom is 0.408 e. The molecule has 2 bridgehead atoms. The van der Waals surface area contributed by atoms with Crippen molar-refractivity contribution in [1.82, 2.24) is 19.9 Å². The Hall–Kier alpha value is -4.36. The predicted molar refractivity (Wildman–Crippen MR) is 131 cm³/mol. The minimum absolute atomic E-state index is 0.0149. The molecule has 3 aromatic heterocycles. The van der Waals surface area contributed by atoms with E-state index >= 15 is 0 Å². The van der Waals surface area contributed by atoms with E-state index in [2.05, 4.69) is 15.3 Å². The summed E-state index contributed by atoms with van der Waals surface area (Å²) < 4.78 is 45.7. The van der Waals surface area contributed by atoms with Crippen molar-refractivity contribution in [3.05, 3.63) is 52.5 Å². The lowest BCUT2D eigenvalue weighted by Gasteiger charge is -2.35. The Morgan fingerprint density at radius 3 is 2.71 bits per heavy atom. The van der Waals surface area contributed by atoms with Crippen LogP contribution in [0.15, 0.2) is 39.8 Å². The summed E-state index contributed by atoms with van der Waals surface area (Å²) >= 11 is 0. The van der Waals surface area contributed by atoms with Gasteiger partial charge in [0.05, 0.1) is 17.9 Å². The maximum atomic E-state index is 13.5. The number of anilines is 3. The number of rotatable bonds is 4. The lowest BCUT2D eigenvalue weighted by atomic mass is 10.1. The number of nitrogens with one attached hydrogen (secondary N) is 2. The number of pyridine rings is 2. The third-order valence-electron chi connectivity index (χ3n) is 6.57. The number of alkyl halides is 3. The van der Waals surface area contributed by atoms with Gasteiger partial charge in [-0.1, -0.05) is 0 Å². The van der Waals surface area contributed by atoms with Gasteiger partial charge in [-0.2, -0.15) is 13.2 Å². The molecular weight excluding hydrogens is 507 g/mol. The SMILES string of the molecule is Cc1ncc(-c2cc(NC(=O)N3c4nc(C(=O)N[C@H](C)C(F)(F)F)ccc4N4CC[C@H]3C4)c(=O)n(C)c2)o1. The first-order valence-corrected chi connectivity index (χ1v) is 11.8. The van der Waals surface area contributed by atoms with Crippen LogP contribution in [0.5, 0.6) is 0 Å². The van der Waals surface area contributed by atoms with Gasteiger partial charge < -0.3 is 24.5 Å². The van der Waals surface area contributed by atoms with Crippen LogP contribution in [0.2, 0.25) is 0 Å². The highest BCUT2D eigenvalue weighted by molar-refractivity contribution is 6.05. The maximum absolute atomic E-state index is 13.5. The summed E-state index contributed by atoms with van der Waals surface area (Å²) in [5.74, 6) is -0.0447. The third kappa shape index (κ3) is 4.57. The van der Waals surface area contributed by atoms with E-state index in [0.29, 0.717) is 42.4 Å². The number of nitrogens with zero attached hydrogens (tertiary/aromatic N) is 5. The average Bonchev–Trinajstić information content (AvgIpc) is 3.48. The summed E-state index contributed by atoms with van der Waals surface area (Å²) in [5, 5.41) is 4.53. The number of fused-ring (bicyclic) bond motifs is 4. The molecule has 5 heterocycles. The highest BCUT2D eigenvalue weighted by Gasteiger charge is 2.41. The number of oxazole rings is 1. The molecule has 2 N–H and O–H groups in total. The summed E-state index contributed by atoms with van der Waals surface area (Å²) in [5.41, 5.74) is 0.335. The van der Waals surface area contributed by atoms with Gasteiger partial charge in [-0.3, -0.25) is 14.5 Å². The highest BCUT2D eigenvalue weighted by Crippen LogP contribution is 2.39. The summed E-state index contributed by atoms with van der Waals surface area (Å²) in [4.78, 5) is 50.6. The van der Waals surface area contributed by atoms with Gasteiger partial charge in [-0.05, 0) is 31.5 Å². The topological polar surface area (TPSA) is 126 Å². The van der Waals surface area contributed by atoms with Crippen molar-refractivity contribution >= 4 is 29.1 Å². The van der Waals surface area contributed by atoms with E-state index in [1.807, 2.05) is 10.2 Å². The molecule has 0 aliphatic carbocycles. The number of aryl methyl sites for hydroxylation is 2. The summed E-state index contributed by atoms with van der Waals surface area (Å²) in [7, 11) is 1.53. The number of halogens is 3. The van der Waals surface area contributed by atoms with Crippen LogP contribution in [0.25, 0.3) is 11.3 Å². The van der Waals surface area contributed by atoms with E-state index in [9.17, 15) is 27.6 Å². The van der Waals surface area contributed by atoms with Crippen molar-refractivity contribution in [3.63, 3.8) is 0 Å². The average molecular weight is 531 g/mol. The first-order valence-electron chi connectivity index (χ1n) is 11.8. The lowest BCUT2D eigenvalue weighted by molar-refractivity contribution is -0.149. The van der Waals surface area contributed by atoms with Gasteiger partial charge in [-0.25, -0.2) is 14.8 Å². The molecule has 0 aromatic carbocycles. The molecule has 0 unspecified atom stereocenters. The summed E-state index contributed by atoms with van der Waals surface area (Å²) in [6.07, 6.45) is -0.959.